The zero-order valence-electron chi connectivity index (χ0n) is 12.2. The van der Waals surface area contributed by atoms with E-state index in [0.717, 1.165) is 0 Å². The van der Waals surface area contributed by atoms with Crippen molar-refractivity contribution in [2.24, 2.45) is 5.92 Å². The quantitative estimate of drug-likeness (QED) is 0.812. The van der Waals surface area contributed by atoms with E-state index in [-0.39, 0.29) is 36.9 Å². The molecule has 0 fully saturated rings. The summed E-state index contributed by atoms with van der Waals surface area (Å²) < 4.78 is 0. The average Bonchev–Trinajstić information content (AvgIpc) is 2.44. The van der Waals surface area contributed by atoms with Gasteiger partial charge in [-0.3, -0.25) is 9.59 Å². The van der Waals surface area contributed by atoms with Crippen LogP contribution in [0.25, 0.3) is 0 Å². The van der Waals surface area contributed by atoms with Crippen LogP contribution in [0.3, 0.4) is 0 Å². The van der Waals surface area contributed by atoms with Gasteiger partial charge < -0.3 is 15.3 Å². The van der Waals surface area contributed by atoms with Crippen molar-refractivity contribution < 1.29 is 14.7 Å². The van der Waals surface area contributed by atoms with Gasteiger partial charge in [0.1, 0.15) is 0 Å². The van der Waals surface area contributed by atoms with Gasteiger partial charge in [0.25, 0.3) is 5.91 Å². The lowest BCUT2D eigenvalue weighted by Crippen LogP contribution is -2.46. The van der Waals surface area contributed by atoms with Crippen LogP contribution in [0.5, 0.6) is 0 Å². The third-order valence-corrected chi connectivity index (χ3v) is 3.10. The summed E-state index contributed by atoms with van der Waals surface area (Å²) in [5, 5.41) is 11.9. The van der Waals surface area contributed by atoms with Crippen molar-refractivity contribution in [1.29, 1.82) is 0 Å². The molecule has 0 aromatic heterocycles. The fourth-order valence-corrected chi connectivity index (χ4v) is 1.76. The van der Waals surface area contributed by atoms with Gasteiger partial charge in [-0.2, -0.15) is 0 Å². The summed E-state index contributed by atoms with van der Waals surface area (Å²) in [5.74, 6) is -0.338. The van der Waals surface area contributed by atoms with E-state index in [9.17, 15) is 14.7 Å². The van der Waals surface area contributed by atoms with Gasteiger partial charge >= 0.3 is 0 Å². The highest BCUT2D eigenvalue weighted by Crippen LogP contribution is 2.04. The van der Waals surface area contributed by atoms with E-state index in [1.165, 1.54) is 4.90 Å². The minimum absolute atomic E-state index is 0.0308. The lowest BCUT2D eigenvalue weighted by Gasteiger charge is -2.22. The highest BCUT2D eigenvalue weighted by atomic mass is 16.3. The first-order valence-corrected chi connectivity index (χ1v) is 6.66. The number of hydrogen-bond donors (Lipinski definition) is 2. The Balaban J connectivity index is 2.55. The lowest BCUT2D eigenvalue weighted by molar-refractivity contribution is -0.122. The number of carbonyl (C=O) groups excluding carboxylic acids is 2. The molecule has 0 radical (unpaired) electrons. The van der Waals surface area contributed by atoms with Crippen molar-refractivity contribution in [3.8, 4) is 0 Å². The van der Waals surface area contributed by atoms with Crippen molar-refractivity contribution in [3.63, 3.8) is 0 Å². The van der Waals surface area contributed by atoms with Crippen molar-refractivity contribution in [2.45, 2.75) is 19.9 Å². The van der Waals surface area contributed by atoms with Crippen molar-refractivity contribution in [3.05, 3.63) is 35.9 Å². The van der Waals surface area contributed by atoms with Crippen LogP contribution < -0.4 is 5.32 Å². The number of hydrogen-bond acceptors (Lipinski definition) is 3. The Morgan fingerprint density at radius 1 is 1.25 bits per heavy atom. The highest BCUT2D eigenvalue weighted by molar-refractivity contribution is 5.96. The fraction of sp³-hybridized carbons (Fsp3) is 0.467. The molecule has 110 valence electrons. The van der Waals surface area contributed by atoms with E-state index in [4.69, 9.17) is 0 Å². The molecule has 0 aliphatic carbocycles. The first-order valence-electron chi connectivity index (χ1n) is 6.66. The Hall–Kier alpha value is -1.88. The molecular weight excluding hydrogens is 256 g/mol. The highest BCUT2D eigenvalue weighted by Gasteiger charge is 2.18. The topological polar surface area (TPSA) is 69.6 Å². The molecule has 0 aliphatic rings. The Kier molecular flexibility index (Phi) is 6.18. The fourth-order valence-electron chi connectivity index (χ4n) is 1.76. The molecule has 2 amide bonds. The second-order valence-corrected chi connectivity index (χ2v) is 5.13. The first-order chi connectivity index (χ1) is 9.45. The smallest absolute Gasteiger partial charge is 0.254 e. The summed E-state index contributed by atoms with van der Waals surface area (Å²) in [4.78, 5) is 25.3. The van der Waals surface area contributed by atoms with E-state index in [1.807, 2.05) is 19.9 Å². The van der Waals surface area contributed by atoms with Gasteiger partial charge in [-0.05, 0) is 18.1 Å². The Labute approximate surface area is 119 Å². The molecule has 2 N–H and O–H groups in total. The van der Waals surface area contributed by atoms with Crippen LogP contribution >= 0.6 is 0 Å². The van der Waals surface area contributed by atoms with E-state index in [0.29, 0.717) is 5.56 Å². The zero-order chi connectivity index (χ0) is 15.1. The van der Waals surface area contributed by atoms with Crippen LogP contribution in [0.4, 0.5) is 0 Å². The number of nitrogens with zero attached hydrogens (tertiary/aromatic N) is 1. The second-order valence-electron chi connectivity index (χ2n) is 5.13. The maximum Gasteiger partial charge on any atom is 0.254 e. The normalized spacial score (nSPS) is 12.1. The molecule has 1 aromatic rings. The number of amides is 2. The number of carbonyl (C=O) groups is 2. The molecule has 0 aliphatic heterocycles. The molecule has 5 heteroatoms. The standard InChI is InChI=1S/C15H22N2O3/c1-11(2)13(10-18)16-14(19)9-17(3)15(20)12-7-5-4-6-8-12/h4-8,11,13,18H,9-10H2,1-3H3,(H,16,19). The number of aliphatic hydroxyl groups is 1. The predicted molar refractivity (Wildman–Crippen MR) is 77.3 cm³/mol. The first kappa shape index (κ1) is 16.2. The summed E-state index contributed by atoms with van der Waals surface area (Å²) in [6, 6.07) is 8.52. The molecule has 0 bridgehead atoms. The minimum atomic E-state index is -0.289. The lowest BCUT2D eigenvalue weighted by atomic mass is 10.1. The number of aliphatic hydroxyl groups excluding tert-OH is 1. The molecule has 20 heavy (non-hydrogen) atoms. The van der Waals surface area contributed by atoms with Gasteiger partial charge in [-0.25, -0.2) is 0 Å². The van der Waals surface area contributed by atoms with Crippen molar-refractivity contribution in [1.82, 2.24) is 10.2 Å². The van der Waals surface area contributed by atoms with Gasteiger partial charge in [0.05, 0.1) is 19.2 Å². The maximum absolute atomic E-state index is 12.1. The summed E-state index contributed by atoms with van der Waals surface area (Å²) in [5.41, 5.74) is 0.547. The molecular formula is C15H22N2O3. The number of benzene rings is 1. The average molecular weight is 278 g/mol. The molecule has 1 aromatic carbocycles. The third kappa shape index (κ3) is 4.66. The summed E-state index contributed by atoms with van der Waals surface area (Å²) in [7, 11) is 1.58. The third-order valence-electron chi connectivity index (χ3n) is 3.10. The van der Waals surface area contributed by atoms with Crippen LogP contribution in [-0.2, 0) is 4.79 Å². The number of nitrogens with one attached hydrogen (secondary N) is 1. The van der Waals surface area contributed by atoms with Gasteiger partial charge in [-0.15, -0.1) is 0 Å². The van der Waals surface area contributed by atoms with Crippen LogP contribution in [-0.4, -0.2) is 48.1 Å². The molecule has 0 saturated carbocycles. The summed E-state index contributed by atoms with van der Waals surface area (Å²) in [6.07, 6.45) is 0. The molecule has 5 nitrogen and oxygen atoms in total. The predicted octanol–water partition coefficient (Wildman–Crippen LogP) is 0.892. The van der Waals surface area contributed by atoms with Gasteiger partial charge in [0, 0.05) is 12.6 Å². The SMILES string of the molecule is CC(C)C(CO)NC(=O)CN(C)C(=O)c1ccccc1. The molecule has 0 spiro atoms. The van der Waals surface area contributed by atoms with Gasteiger partial charge in [0.2, 0.25) is 5.91 Å². The molecule has 0 saturated heterocycles. The van der Waals surface area contributed by atoms with Gasteiger partial charge in [0.15, 0.2) is 0 Å². The van der Waals surface area contributed by atoms with Crippen molar-refractivity contribution >= 4 is 11.8 Å². The zero-order valence-corrected chi connectivity index (χ0v) is 12.2. The summed E-state index contributed by atoms with van der Waals surface area (Å²) >= 11 is 0. The largest absolute Gasteiger partial charge is 0.394 e. The molecule has 1 rings (SSSR count). The van der Waals surface area contributed by atoms with E-state index in [1.54, 1.807) is 31.3 Å². The molecule has 1 unspecified atom stereocenters. The van der Waals surface area contributed by atoms with Crippen molar-refractivity contribution in [2.75, 3.05) is 20.2 Å². The molecule has 1 atom stereocenters. The number of rotatable bonds is 6. The van der Waals surface area contributed by atoms with E-state index < -0.39 is 0 Å². The second kappa shape index (κ2) is 7.65. The molecule has 0 heterocycles. The van der Waals surface area contributed by atoms with Crippen LogP contribution in [0, 0.1) is 5.92 Å². The maximum atomic E-state index is 12.1. The van der Waals surface area contributed by atoms with Crippen LogP contribution in [0.2, 0.25) is 0 Å². The van der Waals surface area contributed by atoms with Gasteiger partial charge in [-0.1, -0.05) is 32.0 Å². The Bertz CT molecular complexity index is 446. The Morgan fingerprint density at radius 2 is 1.85 bits per heavy atom. The van der Waals surface area contributed by atoms with E-state index >= 15 is 0 Å². The monoisotopic (exact) mass is 278 g/mol. The minimum Gasteiger partial charge on any atom is -0.394 e. The van der Waals surface area contributed by atoms with Crippen LogP contribution in [0.1, 0.15) is 24.2 Å². The number of likely N-dealkylation sites (N-methyl/N-ethyl adjacent to an activating group) is 1. The van der Waals surface area contributed by atoms with Crippen LogP contribution in [0.15, 0.2) is 30.3 Å². The van der Waals surface area contributed by atoms with E-state index in [2.05, 4.69) is 5.32 Å². The Morgan fingerprint density at radius 3 is 2.35 bits per heavy atom. The summed E-state index contributed by atoms with van der Waals surface area (Å²) in [6.45, 7) is 3.69.